The topological polar surface area (TPSA) is 65.4 Å². The molecule has 1 aliphatic heterocycles. The maximum Gasteiger partial charge on any atom is 0.263 e. The van der Waals surface area contributed by atoms with Gasteiger partial charge in [-0.2, -0.15) is 5.26 Å². The first-order valence-corrected chi connectivity index (χ1v) is 6.37. The molecule has 1 aromatic carbocycles. The van der Waals surface area contributed by atoms with Crippen LogP contribution in [0, 0.1) is 11.3 Å². The first-order chi connectivity index (χ1) is 9.20. The molecule has 1 fully saturated rings. The number of hydrogen-bond acceptors (Lipinski definition) is 4. The largest absolute Gasteiger partial charge is 0.481 e. The number of ether oxygens (including phenoxy) is 1. The zero-order valence-corrected chi connectivity index (χ0v) is 10.9. The van der Waals surface area contributed by atoms with Gasteiger partial charge in [0.1, 0.15) is 5.75 Å². The zero-order valence-electron chi connectivity index (χ0n) is 10.9. The summed E-state index contributed by atoms with van der Waals surface area (Å²) in [5.74, 6) is 0.541. The molecule has 0 aliphatic carbocycles. The number of hydrogen-bond donors (Lipinski definition) is 1. The van der Waals surface area contributed by atoms with Crippen LogP contribution in [0.3, 0.4) is 0 Å². The Hall–Kier alpha value is -2.06. The number of nitrogens with one attached hydrogen (secondary N) is 1. The molecule has 100 valence electrons. The number of carbonyl (C=O) groups excluding carboxylic acids is 1. The van der Waals surface area contributed by atoms with Crippen LogP contribution in [0.4, 0.5) is 0 Å². The second-order valence-corrected chi connectivity index (χ2v) is 4.48. The molecule has 5 heteroatoms. The van der Waals surface area contributed by atoms with Gasteiger partial charge in [-0.05, 0) is 25.1 Å². The molecular weight excluding hydrogens is 242 g/mol. The molecule has 0 radical (unpaired) electrons. The molecule has 0 spiro atoms. The monoisotopic (exact) mass is 259 g/mol. The maximum absolute atomic E-state index is 12.2. The number of nitriles is 1. The molecule has 5 nitrogen and oxygen atoms in total. The van der Waals surface area contributed by atoms with Gasteiger partial charge >= 0.3 is 0 Å². The summed E-state index contributed by atoms with van der Waals surface area (Å²) in [5, 5.41) is 12.0. The molecule has 2 rings (SSSR count). The number of amides is 1. The Bertz CT molecular complexity index is 490. The Morgan fingerprint density at radius 1 is 1.47 bits per heavy atom. The molecule has 1 N–H and O–H groups in total. The average molecular weight is 259 g/mol. The van der Waals surface area contributed by atoms with Gasteiger partial charge in [0.15, 0.2) is 6.10 Å². The lowest BCUT2D eigenvalue weighted by atomic mass is 10.2. The fourth-order valence-electron chi connectivity index (χ4n) is 2.04. The van der Waals surface area contributed by atoms with E-state index in [-0.39, 0.29) is 5.91 Å². The summed E-state index contributed by atoms with van der Waals surface area (Å²) in [4.78, 5) is 14.0. The molecule has 19 heavy (non-hydrogen) atoms. The van der Waals surface area contributed by atoms with Crippen molar-refractivity contribution in [1.29, 1.82) is 5.26 Å². The van der Waals surface area contributed by atoms with Gasteiger partial charge < -0.3 is 15.0 Å². The normalized spacial score (nSPS) is 16.5. The van der Waals surface area contributed by atoms with Gasteiger partial charge in [-0.1, -0.05) is 6.07 Å². The molecule has 1 amide bonds. The lowest BCUT2D eigenvalue weighted by Crippen LogP contribution is -2.50. The Kier molecular flexibility index (Phi) is 4.37. The molecular formula is C14H17N3O2. The smallest absolute Gasteiger partial charge is 0.263 e. The van der Waals surface area contributed by atoms with Gasteiger partial charge in [0, 0.05) is 26.2 Å². The van der Waals surface area contributed by atoms with Gasteiger partial charge in [0.2, 0.25) is 0 Å². The summed E-state index contributed by atoms with van der Waals surface area (Å²) in [5.41, 5.74) is 0.527. The molecule has 1 atom stereocenters. The molecule has 1 unspecified atom stereocenters. The lowest BCUT2D eigenvalue weighted by Gasteiger charge is -2.29. The van der Waals surface area contributed by atoms with E-state index in [2.05, 4.69) is 5.32 Å². The number of piperazine rings is 1. The lowest BCUT2D eigenvalue weighted by molar-refractivity contribution is -0.138. The van der Waals surface area contributed by atoms with Crippen LogP contribution < -0.4 is 10.1 Å². The third kappa shape index (κ3) is 3.46. The molecule has 1 heterocycles. The molecule has 1 aliphatic rings. The highest BCUT2D eigenvalue weighted by Crippen LogP contribution is 2.15. The van der Waals surface area contributed by atoms with Crippen LogP contribution in [-0.4, -0.2) is 43.1 Å². The van der Waals surface area contributed by atoms with Crippen LogP contribution in [0.25, 0.3) is 0 Å². The highest BCUT2D eigenvalue weighted by atomic mass is 16.5. The summed E-state index contributed by atoms with van der Waals surface area (Å²) < 4.78 is 5.61. The van der Waals surface area contributed by atoms with Gasteiger partial charge in [-0.25, -0.2) is 0 Å². The number of nitrogens with zero attached hydrogens (tertiary/aromatic N) is 2. The average Bonchev–Trinajstić information content (AvgIpc) is 2.47. The molecule has 0 aromatic heterocycles. The Morgan fingerprint density at radius 3 is 2.89 bits per heavy atom. The van der Waals surface area contributed by atoms with Crippen molar-refractivity contribution in [2.24, 2.45) is 0 Å². The van der Waals surface area contributed by atoms with Crippen LogP contribution in [0.15, 0.2) is 24.3 Å². The van der Waals surface area contributed by atoms with Gasteiger partial charge in [0.05, 0.1) is 11.6 Å². The van der Waals surface area contributed by atoms with Gasteiger partial charge in [0.25, 0.3) is 5.91 Å². The van der Waals surface area contributed by atoms with Crippen molar-refractivity contribution in [2.75, 3.05) is 26.2 Å². The Morgan fingerprint density at radius 2 is 2.21 bits per heavy atom. The van der Waals surface area contributed by atoms with E-state index in [9.17, 15) is 4.79 Å². The third-order valence-electron chi connectivity index (χ3n) is 3.05. The summed E-state index contributed by atoms with van der Waals surface area (Å²) in [6.07, 6.45) is -0.535. The van der Waals surface area contributed by atoms with E-state index < -0.39 is 6.10 Å². The first kappa shape index (κ1) is 13.4. The van der Waals surface area contributed by atoms with E-state index >= 15 is 0 Å². The SMILES string of the molecule is CC(Oc1cccc(C#N)c1)C(=O)N1CCNCC1. The minimum Gasteiger partial charge on any atom is -0.481 e. The maximum atomic E-state index is 12.2. The first-order valence-electron chi connectivity index (χ1n) is 6.37. The van der Waals surface area contributed by atoms with Crippen molar-refractivity contribution in [1.82, 2.24) is 10.2 Å². The Labute approximate surface area is 112 Å². The third-order valence-corrected chi connectivity index (χ3v) is 3.05. The fourth-order valence-corrected chi connectivity index (χ4v) is 2.04. The van der Waals surface area contributed by atoms with Gasteiger partial charge in [-0.3, -0.25) is 4.79 Å². The van der Waals surface area contributed by atoms with Crippen LogP contribution in [-0.2, 0) is 4.79 Å². The minimum atomic E-state index is -0.535. The van der Waals surface area contributed by atoms with Crippen LogP contribution in [0.1, 0.15) is 12.5 Å². The highest BCUT2D eigenvalue weighted by molar-refractivity contribution is 5.81. The molecule has 1 saturated heterocycles. The van der Waals surface area contributed by atoms with Gasteiger partial charge in [-0.15, -0.1) is 0 Å². The number of rotatable bonds is 3. The predicted octanol–water partition coefficient (Wildman–Crippen LogP) is 0.757. The highest BCUT2D eigenvalue weighted by Gasteiger charge is 2.23. The minimum absolute atomic E-state index is 0.0103. The van der Waals surface area contributed by atoms with Crippen molar-refractivity contribution in [2.45, 2.75) is 13.0 Å². The van der Waals surface area contributed by atoms with Crippen molar-refractivity contribution in [3.05, 3.63) is 29.8 Å². The van der Waals surface area contributed by atoms with E-state index in [4.69, 9.17) is 10.00 Å². The van der Waals surface area contributed by atoms with Crippen LogP contribution in [0.2, 0.25) is 0 Å². The van der Waals surface area contributed by atoms with Crippen molar-refractivity contribution in [3.63, 3.8) is 0 Å². The Balaban J connectivity index is 1.97. The van der Waals surface area contributed by atoms with E-state index in [0.717, 1.165) is 13.1 Å². The number of carbonyl (C=O) groups is 1. The summed E-state index contributed by atoms with van der Waals surface area (Å²) in [6, 6.07) is 8.89. The van der Waals surface area contributed by atoms with Crippen molar-refractivity contribution in [3.8, 4) is 11.8 Å². The van der Waals surface area contributed by atoms with Crippen molar-refractivity contribution >= 4 is 5.91 Å². The second-order valence-electron chi connectivity index (χ2n) is 4.48. The van der Waals surface area contributed by atoms with Crippen LogP contribution in [0.5, 0.6) is 5.75 Å². The molecule has 0 saturated carbocycles. The fraction of sp³-hybridized carbons (Fsp3) is 0.429. The molecule has 1 aromatic rings. The second kappa shape index (κ2) is 6.21. The van der Waals surface area contributed by atoms with Crippen molar-refractivity contribution < 1.29 is 9.53 Å². The summed E-state index contributed by atoms with van der Waals surface area (Å²) >= 11 is 0. The van der Waals surface area contributed by atoms with E-state index in [1.165, 1.54) is 0 Å². The summed E-state index contributed by atoms with van der Waals surface area (Å²) in [6.45, 7) is 4.81. The van der Waals surface area contributed by atoms with E-state index in [1.54, 1.807) is 36.1 Å². The standard InChI is InChI=1S/C14H17N3O2/c1-11(14(18)17-7-5-16-6-8-17)19-13-4-2-3-12(9-13)10-15/h2-4,9,11,16H,5-8H2,1H3. The van der Waals surface area contributed by atoms with E-state index in [0.29, 0.717) is 24.4 Å². The summed E-state index contributed by atoms with van der Waals surface area (Å²) in [7, 11) is 0. The van der Waals surface area contributed by atoms with E-state index in [1.807, 2.05) is 6.07 Å². The number of benzene rings is 1. The predicted molar refractivity (Wildman–Crippen MR) is 70.7 cm³/mol. The zero-order chi connectivity index (χ0) is 13.7. The molecule has 0 bridgehead atoms. The van der Waals surface area contributed by atoms with Crippen LogP contribution >= 0.6 is 0 Å². The quantitative estimate of drug-likeness (QED) is 0.870.